The topological polar surface area (TPSA) is 50.4 Å². The zero-order valence-electron chi connectivity index (χ0n) is 9.20. The summed E-state index contributed by atoms with van der Waals surface area (Å²) in [5.74, 6) is 0.723. The number of carbonyl (C=O) groups excluding carboxylic acids is 1. The number of benzene rings is 1. The number of ether oxygens (including phenoxy) is 1. The number of hydrogen-bond donors (Lipinski definition) is 2. The van der Waals surface area contributed by atoms with Crippen molar-refractivity contribution in [2.75, 3.05) is 7.11 Å². The van der Waals surface area contributed by atoms with Gasteiger partial charge in [-0.05, 0) is 24.6 Å². The Kier molecular flexibility index (Phi) is 4.12. The smallest absolute Gasteiger partial charge is 0.230 e. The van der Waals surface area contributed by atoms with Gasteiger partial charge in [0.1, 0.15) is 5.75 Å². The highest BCUT2D eigenvalue weighted by Crippen LogP contribution is 2.16. The predicted molar refractivity (Wildman–Crippen MR) is 58.4 cm³/mol. The van der Waals surface area contributed by atoms with Gasteiger partial charge in [-0.15, -0.1) is 0 Å². The third-order valence-corrected chi connectivity index (χ3v) is 2.08. The highest BCUT2D eigenvalue weighted by molar-refractivity contribution is 5.72. The Morgan fingerprint density at radius 2 is 1.93 bits per heavy atom. The number of carbonyl (C=O) groups is 1. The number of hydrazine groups is 1. The molecule has 15 heavy (non-hydrogen) atoms. The average molecular weight is 208 g/mol. The van der Waals surface area contributed by atoms with E-state index in [0.717, 1.165) is 11.3 Å². The summed E-state index contributed by atoms with van der Waals surface area (Å²) in [5.41, 5.74) is 6.54. The zero-order chi connectivity index (χ0) is 11.3. The van der Waals surface area contributed by atoms with E-state index < -0.39 is 0 Å². The van der Waals surface area contributed by atoms with Crippen molar-refractivity contribution in [3.05, 3.63) is 29.8 Å². The second-order valence-corrected chi connectivity index (χ2v) is 3.32. The monoisotopic (exact) mass is 208 g/mol. The minimum atomic E-state index is -0.102. The molecule has 1 rings (SSSR count). The Labute approximate surface area is 89.6 Å². The fraction of sp³-hybridized carbons (Fsp3) is 0.364. The summed E-state index contributed by atoms with van der Waals surface area (Å²) in [6, 6.07) is 7.76. The van der Waals surface area contributed by atoms with E-state index in [2.05, 4.69) is 10.9 Å². The van der Waals surface area contributed by atoms with Gasteiger partial charge in [-0.3, -0.25) is 10.2 Å². The Morgan fingerprint density at radius 1 is 1.33 bits per heavy atom. The Hall–Kier alpha value is -1.55. The van der Waals surface area contributed by atoms with Crippen molar-refractivity contribution in [1.29, 1.82) is 0 Å². The van der Waals surface area contributed by atoms with Crippen LogP contribution in [0.15, 0.2) is 24.3 Å². The molecule has 0 heterocycles. The fourth-order valence-electron chi connectivity index (χ4n) is 1.19. The first-order valence-electron chi connectivity index (χ1n) is 4.79. The van der Waals surface area contributed by atoms with Crippen LogP contribution in [0, 0.1) is 0 Å². The van der Waals surface area contributed by atoms with Crippen LogP contribution in [0.2, 0.25) is 0 Å². The summed E-state index contributed by atoms with van der Waals surface area (Å²) < 4.78 is 5.06. The number of hydrogen-bond acceptors (Lipinski definition) is 3. The first-order chi connectivity index (χ1) is 7.13. The van der Waals surface area contributed by atoms with Gasteiger partial charge >= 0.3 is 0 Å². The molecule has 2 N–H and O–H groups in total. The summed E-state index contributed by atoms with van der Waals surface area (Å²) in [6.45, 7) is 3.44. The van der Waals surface area contributed by atoms with E-state index in [1.807, 2.05) is 31.2 Å². The molecule has 0 radical (unpaired) electrons. The molecule has 0 aliphatic rings. The highest BCUT2D eigenvalue weighted by atomic mass is 16.5. The molecule has 0 aliphatic heterocycles. The molecule has 0 saturated heterocycles. The van der Waals surface area contributed by atoms with Crippen molar-refractivity contribution in [2.24, 2.45) is 0 Å². The van der Waals surface area contributed by atoms with E-state index in [4.69, 9.17) is 4.74 Å². The minimum Gasteiger partial charge on any atom is -0.497 e. The summed E-state index contributed by atoms with van der Waals surface area (Å²) in [5, 5.41) is 0. The van der Waals surface area contributed by atoms with E-state index in [-0.39, 0.29) is 11.9 Å². The van der Waals surface area contributed by atoms with E-state index in [1.54, 1.807) is 7.11 Å². The van der Waals surface area contributed by atoms with Gasteiger partial charge in [0.2, 0.25) is 5.91 Å². The maximum atomic E-state index is 10.7. The second kappa shape index (κ2) is 5.36. The molecule has 0 fully saturated rings. The lowest BCUT2D eigenvalue weighted by molar-refractivity contribution is -0.120. The summed E-state index contributed by atoms with van der Waals surface area (Å²) in [4.78, 5) is 10.7. The Morgan fingerprint density at radius 3 is 2.40 bits per heavy atom. The normalized spacial score (nSPS) is 11.9. The van der Waals surface area contributed by atoms with Crippen LogP contribution in [0.3, 0.4) is 0 Å². The SMILES string of the molecule is COc1ccc(C(C)NNC(C)=O)cc1. The lowest BCUT2D eigenvalue weighted by atomic mass is 10.1. The van der Waals surface area contributed by atoms with E-state index in [0.29, 0.717) is 0 Å². The van der Waals surface area contributed by atoms with Crippen molar-refractivity contribution in [2.45, 2.75) is 19.9 Å². The molecule has 1 amide bonds. The van der Waals surface area contributed by atoms with Crippen molar-refractivity contribution in [3.63, 3.8) is 0 Å². The highest BCUT2D eigenvalue weighted by Gasteiger charge is 2.04. The maximum absolute atomic E-state index is 10.7. The third kappa shape index (κ3) is 3.59. The summed E-state index contributed by atoms with van der Waals surface area (Å²) in [7, 11) is 1.63. The molecule has 1 aromatic rings. The first kappa shape index (κ1) is 11.5. The van der Waals surface area contributed by atoms with Gasteiger partial charge in [-0.1, -0.05) is 12.1 Å². The molecule has 1 unspecified atom stereocenters. The van der Waals surface area contributed by atoms with Gasteiger partial charge in [0.15, 0.2) is 0 Å². The molecule has 0 bridgehead atoms. The quantitative estimate of drug-likeness (QED) is 0.735. The summed E-state index contributed by atoms with van der Waals surface area (Å²) >= 11 is 0. The molecule has 0 saturated carbocycles. The fourth-order valence-corrected chi connectivity index (χ4v) is 1.19. The van der Waals surface area contributed by atoms with Gasteiger partial charge in [-0.25, -0.2) is 5.43 Å². The number of amides is 1. The zero-order valence-corrected chi connectivity index (χ0v) is 9.20. The molecular weight excluding hydrogens is 192 g/mol. The van der Waals surface area contributed by atoms with Crippen LogP contribution in [0.25, 0.3) is 0 Å². The molecule has 0 aromatic heterocycles. The van der Waals surface area contributed by atoms with Crippen LogP contribution in [0.1, 0.15) is 25.5 Å². The van der Waals surface area contributed by atoms with Gasteiger partial charge in [0.05, 0.1) is 7.11 Å². The molecule has 0 spiro atoms. The third-order valence-electron chi connectivity index (χ3n) is 2.08. The molecule has 1 atom stereocenters. The van der Waals surface area contributed by atoms with Crippen LogP contribution in [0.4, 0.5) is 0 Å². The number of nitrogens with one attached hydrogen (secondary N) is 2. The molecule has 82 valence electrons. The number of rotatable bonds is 4. The van der Waals surface area contributed by atoms with Crippen LogP contribution in [-0.4, -0.2) is 13.0 Å². The molecule has 4 nitrogen and oxygen atoms in total. The molecule has 0 aliphatic carbocycles. The van der Waals surface area contributed by atoms with Crippen LogP contribution in [-0.2, 0) is 4.79 Å². The van der Waals surface area contributed by atoms with E-state index in [9.17, 15) is 4.79 Å². The van der Waals surface area contributed by atoms with Crippen molar-refractivity contribution in [3.8, 4) is 5.75 Å². The number of methoxy groups -OCH3 is 1. The minimum absolute atomic E-state index is 0.0693. The van der Waals surface area contributed by atoms with Gasteiger partial charge in [-0.2, -0.15) is 0 Å². The predicted octanol–water partition coefficient (Wildman–Crippen LogP) is 1.40. The molecule has 1 aromatic carbocycles. The lowest BCUT2D eigenvalue weighted by Crippen LogP contribution is -2.37. The second-order valence-electron chi connectivity index (χ2n) is 3.32. The molecule has 4 heteroatoms. The van der Waals surface area contributed by atoms with Crippen LogP contribution >= 0.6 is 0 Å². The van der Waals surface area contributed by atoms with E-state index in [1.165, 1.54) is 6.92 Å². The molecular formula is C11H16N2O2. The van der Waals surface area contributed by atoms with Gasteiger partial charge in [0, 0.05) is 13.0 Å². The average Bonchev–Trinajstić information content (AvgIpc) is 2.26. The van der Waals surface area contributed by atoms with Crippen LogP contribution < -0.4 is 15.6 Å². The van der Waals surface area contributed by atoms with Crippen molar-refractivity contribution in [1.82, 2.24) is 10.9 Å². The Balaban J connectivity index is 2.57. The van der Waals surface area contributed by atoms with Gasteiger partial charge < -0.3 is 4.74 Å². The maximum Gasteiger partial charge on any atom is 0.230 e. The van der Waals surface area contributed by atoms with Crippen LogP contribution in [0.5, 0.6) is 5.75 Å². The summed E-state index contributed by atoms with van der Waals surface area (Å²) in [6.07, 6.45) is 0. The standard InChI is InChI=1S/C11H16N2O2/c1-8(12-13-9(2)14)10-4-6-11(15-3)7-5-10/h4-8,12H,1-3H3,(H,13,14). The Bertz CT molecular complexity index is 322. The van der Waals surface area contributed by atoms with Crippen molar-refractivity contribution >= 4 is 5.91 Å². The lowest BCUT2D eigenvalue weighted by Gasteiger charge is -2.14. The van der Waals surface area contributed by atoms with Crippen molar-refractivity contribution < 1.29 is 9.53 Å². The first-order valence-corrected chi connectivity index (χ1v) is 4.79. The largest absolute Gasteiger partial charge is 0.497 e. The van der Waals surface area contributed by atoms with E-state index >= 15 is 0 Å². The van der Waals surface area contributed by atoms with Gasteiger partial charge in [0.25, 0.3) is 0 Å².